The van der Waals surface area contributed by atoms with E-state index < -0.39 is 5.97 Å². The standard InChI is InChI=1S/C22H18N2O3/c25-22(26)17-11-12-20-19(13-17)23-21(15-27-18-9-5-2-6-10-18)24(20)14-16-7-3-1-4-8-16/h1-13H,14-15H2,(H,25,26). The van der Waals surface area contributed by atoms with Crippen LogP contribution in [-0.4, -0.2) is 20.6 Å². The van der Waals surface area contributed by atoms with Gasteiger partial charge in [-0.3, -0.25) is 0 Å². The van der Waals surface area contributed by atoms with Gasteiger partial charge in [-0.05, 0) is 35.9 Å². The Labute approximate surface area is 156 Å². The van der Waals surface area contributed by atoms with Crippen LogP contribution in [0.4, 0.5) is 0 Å². The highest BCUT2D eigenvalue weighted by molar-refractivity contribution is 5.92. The molecule has 1 N–H and O–H groups in total. The first-order valence-corrected chi connectivity index (χ1v) is 8.65. The van der Waals surface area contributed by atoms with E-state index in [1.165, 1.54) is 0 Å². The summed E-state index contributed by atoms with van der Waals surface area (Å²) in [6, 6.07) is 24.7. The van der Waals surface area contributed by atoms with Crippen molar-refractivity contribution in [3.63, 3.8) is 0 Å². The van der Waals surface area contributed by atoms with Crippen molar-refractivity contribution in [2.45, 2.75) is 13.2 Å². The van der Waals surface area contributed by atoms with Crippen LogP contribution >= 0.6 is 0 Å². The summed E-state index contributed by atoms with van der Waals surface area (Å²) >= 11 is 0. The molecule has 4 aromatic rings. The van der Waals surface area contributed by atoms with Crippen LogP contribution in [0, 0.1) is 0 Å². The van der Waals surface area contributed by atoms with Crippen LogP contribution in [0.5, 0.6) is 5.75 Å². The van der Waals surface area contributed by atoms with Gasteiger partial charge < -0.3 is 14.4 Å². The smallest absolute Gasteiger partial charge is 0.335 e. The minimum absolute atomic E-state index is 0.224. The third-order valence-corrected chi connectivity index (χ3v) is 4.37. The summed E-state index contributed by atoms with van der Waals surface area (Å²) in [6.45, 7) is 0.936. The molecule has 0 aliphatic heterocycles. The largest absolute Gasteiger partial charge is 0.486 e. The number of carboxylic acid groups (broad SMARTS) is 1. The fourth-order valence-corrected chi connectivity index (χ4v) is 3.03. The van der Waals surface area contributed by atoms with Crippen molar-refractivity contribution in [2.24, 2.45) is 0 Å². The van der Waals surface area contributed by atoms with Gasteiger partial charge in [0.2, 0.25) is 0 Å². The summed E-state index contributed by atoms with van der Waals surface area (Å²) in [5, 5.41) is 9.25. The number of hydrogen-bond acceptors (Lipinski definition) is 3. The molecule has 27 heavy (non-hydrogen) atoms. The lowest BCUT2D eigenvalue weighted by Crippen LogP contribution is -2.08. The maximum Gasteiger partial charge on any atom is 0.335 e. The Morgan fingerprint density at radius 3 is 2.37 bits per heavy atom. The summed E-state index contributed by atoms with van der Waals surface area (Å²) in [5.74, 6) is 0.555. The number of para-hydroxylation sites is 1. The highest BCUT2D eigenvalue weighted by Crippen LogP contribution is 2.21. The number of imidazole rings is 1. The summed E-state index contributed by atoms with van der Waals surface area (Å²) in [6.07, 6.45) is 0. The molecule has 3 aromatic carbocycles. The van der Waals surface area contributed by atoms with Crippen LogP contribution in [0.15, 0.2) is 78.9 Å². The first-order chi connectivity index (χ1) is 13.2. The lowest BCUT2D eigenvalue weighted by atomic mass is 10.2. The Kier molecular flexibility index (Phi) is 4.58. The lowest BCUT2D eigenvalue weighted by molar-refractivity contribution is 0.0697. The van der Waals surface area contributed by atoms with Gasteiger partial charge >= 0.3 is 5.97 Å². The highest BCUT2D eigenvalue weighted by Gasteiger charge is 2.14. The van der Waals surface area contributed by atoms with Crippen molar-refractivity contribution < 1.29 is 14.6 Å². The Hall–Kier alpha value is -3.60. The van der Waals surface area contributed by atoms with Crippen molar-refractivity contribution in [2.75, 3.05) is 0 Å². The van der Waals surface area contributed by atoms with Crippen LogP contribution < -0.4 is 4.74 Å². The fourth-order valence-electron chi connectivity index (χ4n) is 3.03. The summed E-state index contributed by atoms with van der Waals surface area (Å²) in [7, 11) is 0. The number of aromatic nitrogens is 2. The second kappa shape index (κ2) is 7.33. The minimum atomic E-state index is -0.961. The van der Waals surface area contributed by atoms with Gasteiger partial charge in [0.05, 0.1) is 16.6 Å². The molecular formula is C22H18N2O3. The molecule has 0 amide bonds. The van der Waals surface area contributed by atoms with Crippen molar-refractivity contribution in [1.29, 1.82) is 0 Å². The van der Waals surface area contributed by atoms with Crippen LogP contribution in [0.25, 0.3) is 11.0 Å². The predicted octanol–water partition coefficient (Wildman–Crippen LogP) is 4.36. The summed E-state index contributed by atoms with van der Waals surface area (Å²) < 4.78 is 7.95. The van der Waals surface area contributed by atoms with Gasteiger partial charge in [-0.1, -0.05) is 48.5 Å². The molecule has 0 aliphatic rings. The molecule has 0 radical (unpaired) electrons. The van der Waals surface area contributed by atoms with Gasteiger partial charge in [0.15, 0.2) is 0 Å². The van der Waals surface area contributed by atoms with E-state index in [-0.39, 0.29) is 5.56 Å². The maximum absolute atomic E-state index is 11.3. The number of fused-ring (bicyclic) bond motifs is 1. The molecule has 0 fully saturated rings. The Morgan fingerprint density at radius 2 is 1.67 bits per heavy atom. The van der Waals surface area contributed by atoms with Crippen molar-refractivity contribution in [3.8, 4) is 5.75 Å². The van der Waals surface area contributed by atoms with Crippen LogP contribution in [0.2, 0.25) is 0 Å². The minimum Gasteiger partial charge on any atom is -0.486 e. The number of carbonyl (C=O) groups is 1. The third-order valence-electron chi connectivity index (χ3n) is 4.37. The van der Waals surface area contributed by atoms with E-state index in [2.05, 4.69) is 21.7 Å². The van der Waals surface area contributed by atoms with E-state index in [4.69, 9.17) is 4.74 Å². The molecule has 0 unspecified atom stereocenters. The van der Waals surface area contributed by atoms with Crippen LogP contribution in [0.3, 0.4) is 0 Å². The van der Waals surface area contributed by atoms with Crippen molar-refractivity contribution >= 4 is 17.0 Å². The maximum atomic E-state index is 11.3. The second-order valence-corrected chi connectivity index (χ2v) is 6.21. The van der Waals surface area contributed by atoms with E-state index in [9.17, 15) is 9.90 Å². The zero-order valence-corrected chi connectivity index (χ0v) is 14.6. The molecule has 5 nitrogen and oxygen atoms in total. The summed E-state index contributed by atoms with van der Waals surface area (Å²) in [5.41, 5.74) is 2.90. The quantitative estimate of drug-likeness (QED) is 0.556. The number of benzene rings is 3. The van der Waals surface area contributed by atoms with Gasteiger partial charge in [0.25, 0.3) is 0 Å². The molecule has 0 spiro atoms. The van der Waals surface area contributed by atoms with E-state index in [0.717, 1.165) is 22.7 Å². The van der Waals surface area contributed by atoms with E-state index in [0.29, 0.717) is 18.7 Å². The molecule has 4 rings (SSSR count). The van der Waals surface area contributed by atoms with E-state index in [1.54, 1.807) is 18.2 Å². The van der Waals surface area contributed by atoms with E-state index in [1.807, 2.05) is 48.5 Å². The molecule has 0 saturated carbocycles. The Bertz CT molecular complexity index is 1070. The second-order valence-electron chi connectivity index (χ2n) is 6.21. The number of nitrogens with zero attached hydrogens (tertiary/aromatic N) is 2. The fraction of sp³-hybridized carbons (Fsp3) is 0.0909. The lowest BCUT2D eigenvalue weighted by Gasteiger charge is -2.11. The Balaban J connectivity index is 1.72. The van der Waals surface area contributed by atoms with Crippen LogP contribution in [0.1, 0.15) is 21.7 Å². The topological polar surface area (TPSA) is 64.3 Å². The van der Waals surface area contributed by atoms with Crippen molar-refractivity contribution in [1.82, 2.24) is 9.55 Å². The van der Waals surface area contributed by atoms with Gasteiger partial charge in [0.1, 0.15) is 18.2 Å². The molecule has 0 saturated heterocycles. The molecular weight excluding hydrogens is 340 g/mol. The summed E-state index contributed by atoms with van der Waals surface area (Å²) in [4.78, 5) is 15.9. The average Bonchev–Trinajstić information content (AvgIpc) is 3.04. The number of rotatable bonds is 6. The first-order valence-electron chi connectivity index (χ1n) is 8.65. The highest BCUT2D eigenvalue weighted by atomic mass is 16.5. The zero-order chi connectivity index (χ0) is 18.6. The monoisotopic (exact) mass is 358 g/mol. The molecule has 0 atom stereocenters. The van der Waals surface area contributed by atoms with Gasteiger partial charge in [-0.25, -0.2) is 9.78 Å². The molecule has 0 bridgehead atoms. The Morgan fingerprint density at radius 1 is 0.963 bits per heavy atom. The number of ether oxygens (including phenoxy) is 1. The number of carboxylic acids is 1. The van der Waals surface area contributed by atoms with Crippen molar-refractivity contribution in [3.05, 3.63) is 95.8 Å². The zero-order valence-electron chi connectivity index (χ0n) is 14.6. The third kappa shape index (κ3) is 3.67. The van der Waals surface area contributed by atoms with Crippen LogP contribution in [-0.2, 0) is 13.2 Å². The predicted molar refractivity (Wildman–Crippen MR) is 103 cm³/mol. The van der Waals surface area contributed by atoms with Gasteiger partial charge in [-0.2, -0.15) is 0 Å². The number of aromatic carboxylic acids is 1. The SMILES string of the molecule is O=C(O)c1ccc2c(c1)nc(COc1ccccc1)n2Cc1ccccc1. The molecule has 1 heterocycles. The first kappa shape index (κ1) is 16.8. The van der Waals surface area contributed by atoms with E-state index >= 15 is 0 Å². The van der Waals surface area contributed by atoms with Gasteiger partial charge in [0, 0.05) is 6.54 Å². The number of hydrogen-bond donors (Lipinski definition) is 1. The average molecular weight is 358 g/mol. The normalized spacial score (nSPS) is 10.8. The molecule has 1 aromatic heterocycles. The molecule has 134 valence electrons. The molecule has 0 aliphatic carbocycles. The molecule has 5 heteroatoms. The van der Waals surface area contributed by atoms with Gasteiger partial charge in [-0.15, -0.1) is 0 Å².